The van der Waals surface area contributed by atoms with Gasteiger partial charge in [0.1, 0.15) is 5.76 Å². The number of hydrogen-bond donors (Lipinski definition) is 2. The number of rotatable bonds is 6. The molecule has 0 saturated carbocycles. The predicted molar refractivity (Wildman–Crippen MR) is 129 cm³/mol. The number of ether oxygens (including phenoxy) is 3. The molecule has 1 atom stereocenters. The number of carbonyl (C=O) groups is 1. The van der Waals surface area contributed by atoms with E-state index < -0.39 is 5.92 Å². The van der Waals surface area contributed by atoms with Gasteiger partial charge in [0.25, 0.3) is 0 Å². The van der Waals surface area contributed by atoms with Crippen LogP contribution in [-0.2, 0) is 4.79 Å². The first-order chi connectivity index (χ1) is 15.7. The second-order valence-electron chi connectivity index (χ2n) is 9.40. The molecule has 1 heterocycles. The van der Waals surface area contributed by atoms with Crippen LogP contribution in [0.25, 0.3) is 10.9 Å². The van der Waals surface area contributed by atoms with Crippen LogP contribution < -0.4 is 14.2 Å². The summed E-state index contributed by atoms with van der Waals surface area (Å²) < 4.78 is 16.7. The minimum Gasteiger partial charge on any atom is -0.512 e. The van der Waals surface area contributed by atoms with Crippen LogP contribution in [0.1, 0.15) is 49.4 Å². The lowest BCUT2D eigenvalue weighted by molar-refractivity contribution is -0.118. The Hall–Kier alpha value is -3.41. The number of aromatic nitrogens is 1. The number of ketones is 1. The number of hydrogen-bond acceptors (Lipinski definition) is 5. The summed E-state index contributed by atoms with van der Waals surface area (Å²) in [4.78, 5) is 16.9. The summed E-state index contributed by atoms with van der Waals surface area (Å²) in [5.74, 6) is 1.06. The van der Waals surface area contributed by atoms with Gasteiger partial charge in [-0.05, 0) is 41.7 Å². The van der Waals surface area contributed by atoms with Crippen LogP contribution >= 0.6 is 0 Å². The van der Waals surface area contributed by atoms with Crippen LogP contribution in [0.2, 0.25) is 0 Å². The first kappa shape index (κ1) is 22.8. The van der Waals surface area contributed by atoms with Gasteiger partial charge in [0.05, 0.1) is 21.3 Å². The number of aromatic amines is 1. The van der Waals surface area contributed by atoms with Gasteiger partial charge < -0.3 is 24.3 Å². The van der Waals surface area contributed by atoms with E-state index in [1.807, 2.05) is 57.2 Å². The molecule has 1 aromatic heterocycles. The number of nitrogens with one attached hydrogen (secondary N) is 1. The second-order valence-corrected chi connectivity index (χ2v) is 9.40. The van der Waals surface area contributed by atoms with Crippen LogP contribution in [0, 0.1) is 12.3 Å². The number of benzene rings is 2. The highest BCUT2D eigenvalue weighted by atomic mass is 16.5. The largest absolute Gasteiger partial charge is 0.512 e. The number of para-hydroxylation sites is 1. The van der Waals surface area contributed by atoms with Gasteiger partial charge >= 0.3 is 0 Å². The molecule has 2 aromatic carbocycles. The van der Waals surface area contributed by atoms with E-state index in [-0.39, 0.29) is 17.0 Å². The van der Waals surface area contributed by atoms with Gasteiger partial charge in [-0.1, -0.05) is 32.0 Å². The molecule has 0 aliphatic heterocycles. The number of H-pyrrole nitrogens is 1. The van der Waals surface area contributed by atoms with Crippen molar-refractivity contribution in [3.05, 3.63) is 64.6 Å². The highest BCUT2D eigenvalue weighted by molar-refractivity contribution is 6.01. The van der Waals surface area contributed by atoms with Crippen LogP contribution in [0.5, 0.6) is 17.2 Å². The Morgan fingerprint density at radius 1 is 1.00 bits per heavy atom. The zero-order valence-electron chi connectivity index (χ0n) is 20.0. The van der Waals surface area contributed by atoms with E-state index in [1.165, 1.54) is 0 Å². The van der Waals surface area contributed by atoms with Crippen molar-refractivity contribution in [2.24, 2.45) is 5.41 Å². The highest BCUT2D eigenvalue weighted by Gasteiger charge is 2.39. The number of carbonyl (C=O) groups excluding carboxylic acids is 1. The van der Waals surface area contributed by atoms with E-state index in [1.54, 1.807) is 21.3 Å². The summed E-state index contributed by atoms with van der Waals surface area (Å²) >= 11 is 0. The Labute approximate surface area is 194 Å². The van der Waals surface area contributed by atoms with Gasteiger partial charge in [-0.3, -0.25) is 4.79 Å². The van der Waals surface area contributed by atoms with E-state index in [0.717, 1.165) is 27.7 Å². The Bertz CT molecular complexity index is 1230. The molecule has 0 amide bonds. The molecule has 174 valence electrons. The average Bonchev–Trinajstić information content (AvgIpc) is 3.09. The van der Waals surface area contributed by atoms with Crippen molar-refractivity contribution in [2.45, 2.75) is 39.5 Å². The number of aryl methyl sites for hydroxylation is 1. The van der Waals surface area contributed by atoms with Crippen LogP contribution in [0.4, 0.5) is 0 Å². The van der Waals surface area contributed by atoms with Crippen molar-refractivity contribution >= 4 is 16.7 Å². The Kier molecular flexibility index (Phi) is 5.87. The first-order valence-electron chi connectivity index (χ1n) is 11.0. The van der Waals surface area contributed by atoms with Crippen molar-refractivity contribution < 1.29 is 24.1 Å². The molecule has 6 nitrogen and oxygen atoms in total. The molecule has 4 rings (SSSR count). The van der Waals surface area contributed by atoms with Crippen molar-refractivity contribution in [3.8, 4) is 17.2 Å². The van der Waals surface area contributed by atoms with Gasteiger partial charge in [-0.15, -0.1) is 0 Å². The molecule has 1 unspecified atom stereocenters. The lowest BCUT2D eigenvalue weighted by Crippen LogP contribution is -2.29. The molecule has 0 radical (unpaired) electrons. The topological polar surface area (TPSA) is 80.8 Å². The minimum atomic E-state index is -0.501. The van der Waals surface area contributed by atoms with Gasteiger partial charge in [0, 0.05) is 40.9 Å². The van der Waals surface area contributed by atoms with Gasteiger partial charge in [-0.2, -0.15) is 0 Å². The maximum Gasteiger partial charge on any atom is 0.203 e. The van der Waals surface area contributed by atoms with E-state index in [9.17, 15) is 9.90 Å². The smallest absolute Gasteiger partial charge is 0.203 e. The second kappa shape index (κ2) is 8.50. The number of Topliss-reactive ketones (excluding diaryl/α,β-unsaturated/α-hetero) is 1. The van der Waals surface area contributed by atoms with E-state index in [0.29, 0.717) is 35.7 Å². The third-order valence-corrected chi connectivity index (χ3v) is 6.44. The lowest BCUT2D eigenvalue weighted by Gasteiger charge is -2.33. The Balaban J connectivity index is 2.06. The molecule has 0 bridgehead atoms. The quantitative estimate of drug-likeness (QED) is 0.494. The Morgan fingerprint density at radius 3 is 2.21 bits per heavy atom. The fraction of sp³-hybridized carbons (Fsp3) is 0.370. The molecule has 0 saturated heterocycles. The number of allylic oxidation sites excluding steroid dienone is 2. The normalized spacial score (nSPS) is 16.7. The van der Waals surface area contributed by atoms with Crippen molar-refractivity contribution in [1.82, 2.24) is 4.98 Å². The molecule has 1 aliphatic rings. The van der Waals surface area contributed by atoms with Gasteiger partial charge in [0.2, 0.25) is 5.75 Å². The van der Waals surface area contributed by atoms with Crippen molar-refractivity contribution in [1.29, 1.82) is 0 Å². The summed E-state index contributed by atoms with van der Waals surface area (Å²) in [7, 11) is 4.69. The zero-order valence-corrected chi connectivity index (χ0v) is 20.0. The third-order valence-electron chi connectivity index (χ3n) is 6.44. The number of fused-ring (bicyclic) bond motifs is 1. The van der Waals surface area contributed by atoms with Gasteiger partial charge in [0.15, 0.2) is 17.3 Å². The molecule has 1 aliphatic carbocycles. The Morgan fingerprint density at radius 2 is 1.64 bits per heavy atom. The van der Waals surface area contributed by atoms with Crippen LogP contribution in [0.3, 0.4) is 0 Å². The molecule has 6 heteroatoms. The fourth-order valence-electron chi connectivity index (χ4n) is 5.05. The molecule has 3 aromatic rings. The van der Waals surface area contributed by atoms with E-state index in [4.69, 9.17) is 14.2 Å². The summed E-state index contributed by atoms with van der Waals surface area (Å²) in [6, 6.07) is 11.7. The lowest BCUT2D eigenvalue weighted by atomic mass is 9.70. The SMILES string of the molecule is COc1cc(C(C2=C(O)CC(C)(C)CC2=O)c2c(C)[nH]c3ccccc23)cc(OC)c1OC. The summed E-state index contributed by atoms with van der Waals surface area (Å²) in [6.07, 6.45) is 0.811. The monoisotopic (exact) mass is 449 g/mol. The number of methoxy groups -OCH3 is 3. The number of aliphatic hydroxyl groups excluding tert-OH is 1. The molecule has 2 N–H and O–H groups in total. The van der Waals surface area contributed by atoms with E-state index >= 15 is 0 Å². The zero-order chi connectivity index (χ0) is 23.9. The molecule has 0 spiro atoms. The molecular formula is C27H31NO5. The molecular weight excluding hydrogens is 418 g/mol. The maximum atomic E-state index is 13.5. The predicted octanol–water partition coefficient (Wildman–Crippen LogP) is 5.84. The third kappa shape index (κ3) is 3.94. The number of aliphatic hydroxyl groups is 1. The minimum absolute atomic E-state index is 0.0489. The maximum absolute atomic E-state index is 13.5. The van der Waals surface area contributed by atoms with Gasteiger partial charge in [-0.25, -0.2) is 0 Å². The van der Waals surface area contributed by atoms with Crippen LogP contribution in [-0.4, -0.2) is 37.2 Å². The standard InChI is InChI=1S/C27H31NO5/c1-15-23(17-9-7-8-10-18(17)28-15)24(25-19(29)13-27(2,3)14-20(25)30)16-11-21(31-4)26(33-6)22(12-16)32-5/h7-12,24,28-29H,13-14H2,1-6H3. The fourth-order valence-corrected chi connectivity index (χ4v) is 5.05. The van der Waals surface area contributed by atoms with E-state index in [2.05, 4.69) is 4.98 Å². The van der Waals surface area contributed by atoms with Crippen LogP contribution in [0.15, 0.2) is 47.7 Å². The summed E-state index contributed by atoms with van der Waals surface area (Å²) in [6.45, 7) is 6.00. The van der Waals surface area contributed by atoms with Crippen molar-refractivity contribution in [3.63, 3.8) is 0 Å². The summed E-state index contributed by atoms with van der Waals surface area (Å²) in [5, 5.41) is 12.2. The van der Waals surface area contributed by atoms with Crippen molar-refractivity contribution in [2.75, 3.05) is 21.3 Å². The first-order valence-corrected chi connectivity index (χ1v) is 11.0. The summed E-state index contributed by atoms with van der Waals surface area (Å²) in [5.41, 5.74) is 3.79. The average molecular weight is 450 g/mol. The molecule has 0 fully saturated rings. The molecule has 33 heavy (non-hydrogen) atoms. The highest BCUT2D eigenvalue weighted by Crippen LogP contribution is 2.49.